The third-order valence-corrected chi connectivity index (χ3v) is 7.21. The molecule has 1 heterocycles. The molecule has 1 atom stereocenters. The van der Waals surface area contributed by atoms with E-state index in [0.717, 1.165) is 21.5 Å². The lowest BCUT2D eigenvalue weighted by Crippen LogP contribution is -2.48. The Balaban J connectivity index is 2.45. The molecule has 112 valence electrons. The van der Waals surface area contributed by atoms with Crippen LogP contribution in [-0.4, -0.2) is 42.7 Å². The minimum Gasteiger partial charge on any atom is -0.392 e. The topological polar surface area (TPSA) is 57.6 Å². The lowest BCUT2D eigenvalue weighted by Gasteiger charge is -2.37. The Morgan fingerprint density at radius 2 is 2.25 bits per heavy atom. The van der Waals surface area contributed by atoms with E-state index in [1.807, 2.05) is 23.1 Å². The maximum atomic E-state index is 12.3. The van der Waals surface area contributed by atoms with Gasteiger partial charge in [0, 0.05) is 39.5 Å². The van der Waals surface area contributed by atoms with Gasteiger partial charge in [-0.2, -0.15) is 11.8 Å². The third kappa shape index (κ3) is 3.32. The third-order valence-electron chi connectivity index (χ3n) is 3.43. The molecule has 0 aliphatic carbocycles. The Kier molecular flexibility index (Phi) is 5.39. The minimum absolute atomic E-state index is 0.0921. The fraction of sp³-hybridized carbons (Fsp3) is 0.538. The lowest BCUT2D eigenvalue weighted by molar-refractivity contribution is 0.282. The molecule has 0 radical (unpaired) electrons. The monoisotopic (exact) mass is 379 g/mol. The van der Waals surface area contributed by atoms with E-state index in [0.29, 0.717) is 12.3 Å². The van der Waals surface area contributed by atoms with E-state index in [1.165, 1.54) is 0 Å². The predicted octanol–water partition coefficient (Wildman–Crippen LogP) is 2.26. The Morgan fingerprint density at radius 3 is 2.90 bits per heavy atom. The standard InChI is InChI=1S/C13H18BrNO3S2/c1-2-20(17,18)13-9-19-6-5-15(13)12-7-11(14)4-3-10(12)8-16/h3-4,7,13,16H,2,5-6,8-9H2,1H3. The molecule has 4 nitrogen and oxygen atoms in total. The van der Waals surface area contributed by atoms with Crippen LogP contribution in [0.2, 0.25) is 0 Å². The van der Waals surface area contributed by atoms with Crippen molar-refractivity contribution in [1.82, 2.24) is 0 Å². The summed E-state index contributed by atoms with van der Waals surface area (Å²) in [5.41, 5.74) is 1.57. The number of benzene rings is 1. The molecule has 0 aromatic heterocycles. The van der Waals surface area contributed by atoms with Crippen molar-refractivity contribution in [2.24, 2.45) is 0 Å². The van der Waals surface area contributed by atoms with Crippen LogP contribution in [0.25, 0.3) is 0 Å². The average Bonchev–Trinajstić information content (AvgIpc) is 2.47. The molecule has 1 N–H and O–H groups in total. The number of aliphatic hydroxyl groups is 1. The van der Waals surface area contributed by atoms with Gasteiger partial charge < -0.3 is 10.0 Å². The van der Waals surface area contributed by atoms with E-state index in [-0.39, 0.29) is 12.4 Å². The van der Waals surface area contributed by atoms with Gasteiger partial charge in [0.05, 0.1) is 6.61 Å². The molecule has 1 fully saturated rings. The molecular formula is C13H18BrNO3S2. The summed E-state index contributed by atoms with van der Waals surface area (Å²) in [6.07, 6.45) is 0. The van der Waals surface area contributed by atoms with E-state index in [4.69, 9.17) is 0 Å². The zero-order valence-corrected chi connectivity index (χ0v) is 14.5. The highest BCUT2D eigenvalue weighted by Gasteiger charge is 2.33. The van der Waals surface area contributed by atoms with Gasteiger partial charge in [-0.25, -0.2) is 8.42 Å². The van der Waals surface area contributed by atoms with Gasteiger partial charge in [0.1, 0.15) is 5.37 Å². The molecule has 1 aromatic carbocycles. The first kappa shape index (κ1) is 16.1. The first-order chi connectivity index (χ1) is 9.49. The van der Waals surface area contributed by atoms with Crippen molar-refractivity contribution in [3.05, 3.63) is 28.2 Å². The molecule has 1 unspecified atom stereocenters. The number of halogens is 1. The Morgan fingerprint density at radius 1 is 1.50 bits per heavy atom. The van der Waals surface area contributed by atoms with Crippen molar-refractivity contribution in [2.45, 2.75) is 18.9 Å². The Labute approximate surface area is 132 Å². The zero-order valence-electron chi connectivity index (χ0n) is 11.3. The summed E-state index contributed by atoms with van der Waals surface area (Å²) in [5.74, 6) is 1.61. The van der Waals surface area contributed by atoms with Crippen LogP contribution in [0.4, 0.5) is 5.69 Å². The van der Waals surface area contributed by atoms with Crippen molar-refractivity contribution >= 4 is 43.2 Å². The van der Waals surface area contributed by atoms with Gasteiger partial charge >= 0.3 is 0 Å². The van der Waals surface area contributed by atoms with Crippen molar-refractivity contribution in [2.75, 3.05) is 28.7 Å². The van der Waals surface area contributed by atoms with Crippen LogP contribution in [-0.2, 0) is 16.4 Å². The molecular weight excluding hydrogens is 362 g/mol. The molecule has 0 amide bonds. The molecule has 1 aliphatic rings. The first-order valence-corrected chi connectivity index (χ1v) is 10.1. The van der Waals surface area contributed by atoms with Crippen LogP contribution in [0, 0.1) is 0 Å². The highest BCUT2D eigenvalue weighted by molar-refractivity contribution is 9.10. The van der Waals surface area contributed by atoms with Crippen LogP contribution < -0.4 is 4.90 Å². The van der Waals surface area contributed by atoms with E-state index < -0.39 is 15.2 Å². The summed E-state index contributed by atoms with van der Waals surface area (Å²) in [7, 11) is -3.15. The Bertz CT molecular complexity index is 577. The number of hydrogen-bond acceptors (Lipinski definition) is 5. The molecule has 20 heavy (non-hydrogen) atoms. The summed E-state index contributed by atoms with van der Waals surface area (Å²) >= 11 is 5.08. The zero-order chi connectivity index (χ0) is 14.8. The van der Waals surface area contributed by atoms with Crippen molar-refractivity contribution < 1.29 is 13.5 Å². The first-order valence-electron chi connectivity index (χ1n) is 6.45. The second-order valence-corrected chi connectivity index (χ2v) is 9.12. The van der Waals surface area contributed by atoms with Crippen molar-refractivity contribution in [1.29, 1.82) is 0 Å². The van der Waals surface area contributed by atoms with E-state index in [2.05, 4.69) is 15.9 Å². The summed E-state index contributed by atoms with van der Waals surface area (Å²) < 4.78 is 25.5. The average molecular weight is 380 g/mol. The Hall–Kier alpha value is -0.240. The fourth-order valence-corrected chi connectivity index (χ4v) is 5.62. The number of sulfone groups is 1. The number of thioether (sulfide) groups is 1. The van der Waals surface area contributed by atoms with Crippen LogP contribution in [0.15, 0.2) is 22.7 Å². The van der Waals surface area contributed by atoms with Crippen LogP contribution >= 0.6 is 27.7 Å². The smallest absolute Gasteiger partial charge is 0.171 e. The second-order valence-electron chi connectivity index (χ2n) is 4.61. The van der Waals surface area contributed by atoms with Crippen LogP contribution in [0.5, 0.6) is 0 Å². The predicted molar refractivity (Wildman–Crippen MR) is 88.0 cm³/mol. The van der Waals surface area contributed by atoms with Crippen molar-refractivity contribution in [3.8, 4) is 0 Å². The summed E-state index contributed by atoms with van der Waals surface area (Å²) in [4.78, 5) is 1.92. The van der Waals surface area contributed by atoms with Gasteiger partial charge in [-0.05, 0) is 12.1 Å². The molecule has 1 aliphatic heterocycles. The van der Waals surface area contributed by atoms with Gasteiger partial charge in [-0.1, -0.05) is 28.9 Å². The molecule has 7 heteroatoms. The quantitative estimate of drug-likeness (QED) is 0.869. The van der Waals surface area contributed by atoms with Gasteiger partial charge in [0.25, 0.3) is 0 Å². The fourth-order valence-electron chi connectivity index (χ4n) is 2.28. The van der Waals surface area contributed by atoms with Crippen LogP contribution in [0.3, 0.4) is 0 Å². The maximum Gasteiger partial charge on any atom is 0.171 e. The molecule has 1 aromatic rings. The second kappa shape index (κ2) is 6.68. The molecule has 0 saturated carbocycles. The normalized spacial score (nSPS) is 20.1. The summed E-state index contributed by atoms with van der Waals surface area (Å²) in [6, 6.07) is 5.58. The van der Waals surface area contributed by atoms with Gasteiger partial charge in [0.15, 0.2) is 9.84 Å². The number of nitrogens with zero attached hydrogens (tertiary/aromatic N) is 1. The van der Waals surface area contributed by atoms with Gasteiger partial charge in [-0.15, -0.1) is 0 Å². The summed E-state index contributed by atoms with van der Waals surface area (Å²) in [6.45, 7) is 2.27. The van der Waals surface area contributed by atoms with E-state index in [9.17, 15) is 13.5 Å². The molecule has 0 spiro atoms. The summed E-state index contributed by atoms with van der Waals surface area (Å²) in [5, 5.41) is 8.98. The van der Waals surface area contributed by atoms with Gasteiger partial charge in [0.2, 0.25) is 0 Å². The largest absolute Gasteiger partial charge is 0.392 e. The minimum atomic E-state index is -3.15. The molecule has 1 saturated heterocycles. The molecule has 0 bridgehead atoms. The number of hydrogen-bond donors (Lipinski definition) is 1. The molecule has 2 rings (SSSR count). The van der Waals surface area contributed by atoms with Crippen molar-refractivity contribution in [3.63, 3.8) is 0 Å². The van der Waals surface area contributed by atoms with Crippen LogP contribution in [0.1, 0.15) is 12.5 Å². The number of aliphatic hydroxyl groups excluding tert-OH is 1. The number of anilines is 1. The highest BCUT2D eigenvalue weighted by Crippen LogP contribution is 2.32. The maximum absolute atomic E-state index is 12.3. The lowest BCUT2D eigenvalue weighted by atomic mass is 10.1. The van der Waals surface area contributed by atoms with E-state index in [1.54, 1.807) is 18.7 Å². The number of rotatable bonds is 4. The van der Waals surface area contributed by atoms with Gasteiger partial charge in [-0.3, -0.25) is 0 Å². The highest BCUT2D eigenvalue weighted by atomic mass is 79.9. The SMILES string of the molecule is CCS(=O)(=O)C1CSCCN1c1cc(Br)ccc1CO. The van der Waals surface area contributed by atoms with E-state index >= 15 is 0 Å².